The van der Waals surface area contributed by atoms with Crippen molar-refractivity contribution in [2.24, 2.45) is 14.1 Å². The van der Waals surface area contributed by atoms with Crippen molar-refractivity contribution in [3.63, 3.8) is 0 Å². The summed E-state index contributed by atoms with van der Waals surface area (Å²) in [6.07, 6.45) is -0.208. The molecule has 1 amide bonds. The van der Waals surface area contributed by atoms with Gasteiger partial charge in [0.25, 0.3) is 5.56 Å². The average Bonchev–Trinajstić information content (AvgIpc) is 2.52. The lowest BCUT2D eigenvalue weighted by Crippen LogP contribution is -2.44. The van der Waals surface area contributed by atoms with Gasteiger partial charge in [0.15, 0.2) is 0 Å². The predicted molar refractivity (Wildman–Crippen MR) is 78.4 cm³/mol. The molecular formula is C15H13F2N3O3. The van der Waals surface area contributed by atoms with Crippen LogP contribution in [0.2, 0.25) is 0 Å². The third-order valence-corrected chi connectivity index (χ3v) is 4.03. The fraction of sp³-hybridized carbons (Fsp3) is 0.267. The summed E-state index contributed by atoms with van der Waals surface area (Å²) in [6, 6.07) is 2.87. The number of hydrogen-bond donors (Lipinski definition) is 1. The smallest absolute Gasteiger partial charge is 0.312 e. The summed E-state index contributed by atoms with van der Waals surface area (Å²) >= 11 is 0. The Morgan fingerprint density at radius 3 is 2.52 bits per heavy atom. The molecule has 0 spiro atoms. The molecule has 8 heteroatoms. The Hall–Kier alpha value is -2.77. The molecular weight excluding hydrogens is 308 g/mol. The largest absolute Gasteiger partial charge is 0.332 e. The van der Waals surface area contributed by atoms with Gasteiger partial charge in [0.1, 0.15) is 17.5 Å². The maximum atomic E-state index is 14.1. The molecule has 2 heterocycles. The molecule has 1 aliphatic heterocycles. The maximum absolute atomic E-state index is 14.1. The van der Waals surface area contributed by atoms with Crippen molar-refractivity contribution < 1.29 is 13.6 Å². The number of carbonyl (C=O) groups is 1. The van der Waals surface area contributed by atoms with E-state index in [1.165, 1.54) is 14.1 Å². The topological polar surface area (TPSA) is 73.1 Å². The molecule has 1 aromatic heterocycles. The number of nitrogens with zero attached hydrogens (tertiary/aromatic N) is 2. The van der Waals surface area contributed by atoms with Crippen molar-refractivity contribution in [2.75, 3.05) is 5.32 Å². The number of amides is 1. The van der Waals surface area contributed by atoms with Gasteiger partial charge in [-0.3, -0.25) is 18.7 Å². The van der Waals surface area contributed by atoms with Crippen LogP contribution in [0.3, 0.4) is 0 Å². The highest BCUT2D eigenvalue weighted by atomic mass is 19.1. The van der Waals surface area contributed by atoms with Crippen molar-refractivity contribution in [1.29, 1.82) is 0 Å². The average molecular weight is 321 g/mol. The van der Waals surface area contributed by atoms with Gasteiger partial charge in [-0.25, -0.2) is 13.6 Å². The minimum Gasteiger partial charge on any atom is -0.312 e. The van der Waals surface area contributed by atoms with Gasteiger partial charge in [0.2, 0.25) is 5.91 Å². The predicted octanol–water partition coefficient (Wildman–Crippen LogP) is 0.836. The summed E-state index contributed by atoms with van der Waals surface area (Å²) in [5.41, 5.74) is -1.28. The first-order valence-electron chi connectivity index (χ1n) is 6.86. The van der Waals surface area contributed by atoms with Crippen molar-refractivity contribution in [1.82, 2.24) is 9.13 Å². The summed E-state index contributed by atoms with van der Waals surface area (Å²) in [4.78, 5) is 36.3. The van der Waals surface area contributed by atoms with Crippen molar-refractivity contribution in [2.45, 2.75) is 12.3 Å². The minimum absolute atomic E-state index is 0.0167. The first-order chi connectivity index (χ1) is 10.8. The van der Waals surface area contributed by atoms with E-state index in [2.05, 4.69) is 5.32 Å². The van der Waals surface area contributed by atoms with Crippen LogP contribution in [0.1, 0.15) is 23.5 Å². The molecule has 2 aromatic rings. The van der Waals surface area contributed by atoms with Crippen LogP contribution < -0.4 is 16.6 Å². The molecule has 120 valence electrons. The lowest BCUT2D eigenvalue weighted by Gasteiger charge is -2.27. The molecule has 23 heavy (non-hydrogen) atoms. The van der Waals surface area contributed by atoms with Gasteiger partial charge in [0.05, 0.1) is 5.56 Å². The zero-order valence-corrected chi connectivity index (χ0v) is 12.4. The Morgan fingerprint density at radius 1 is 1.13 bits per heavy atom. The summed E-state index contributed by atoms with van der Waals surface area (Å²) in [5.74, 6) is -2.80. The second-order valence-corrected chi connectivity index (χ2v) is 5.44. The molecule has 0 bridgehead atoms. The Morgan fingerprint density at radius 2 is 1.83 bits per heavy atom. The van der Waals surface area contributed by atoms with E-state index < -0.39 is 34.7 Å². The molecule has 1 aliphatic rings. The highest BCUT2D eigenvalue weighted by Crippen LogP contribution is 2.35. The van der Waals surface area contributed by atoms with Gasteiger partial charge < -0.3 is 5.32 Å². The van der Waals surface area contributed by atoms with Gasteiger partial charge in [-0.15, -0.1) is 0 Å². The van der Waals surface area contributed by atoms with Crippen LogP contribution in [0.5, 0.6) is 0 Å². The van der Waals surface area contributed by atoms with Crippen LogP contribution in [-0.2, 0) is 18.9 Å². The number of rotatable bonds is 1. The third-order valence-electron chi connectivity index (χ3n) is 4.03. The summed E-state index contributed by atoms with van der Waals surface area (Å²) in [6.45, 7) is 0. The van der Waals surface area contributed by atoms with E-state index in [0.29, 0.717) is 0 Å². The second-order valence-electron chi connectivity index (χ2n) is 5.44. The molecule has 1 N–H and O–H groups in total. The van der Waals surface area contributed by atoms with Gasteiger partial charge >= 0.3 is 5.69 Å². The van der Waals surface area contributed by atoms with Crippen LogP contribution >= 0.6 is 0 Å². The Balaban J connectivity index is 2.36. The normalized spacial score (nSPS) is 16.9. The number of carbonyl (C=O) groups excluding carboxylic acids is 1. The molecule has 1 unspecified atom stereocenters. The minimum atomic E-state index is -0.958. The Bertz CT molecular complexity index is 946. The zero-order valence-electron chi connectivity index (χ0n) is 12.4. The molecule has 0 aliphatic carbocycles. The highest BCUT2D eigenvalue weighted by molar-refractivity contribution is 5.94. The van der Waals surface area contributed by atoms with E-state index in [0.717, 1.165) is 27.3 Å². The molecule has 0 radical (unpaired) electrons. The quantitative estimate of drug-likeness (QED) is 0.846. The number of benzene rings is 1. The summed E-state index contributed by atoms with van der Waals surface area (Å²) in [5, 5.41) is 2.47. The number of fused-ring (bicyclic) bond motifs is 1. The van der Waals surface area contributed by atoms with Gasteiger partial charge in [-0.1, -0.05) is 0 Å². The van der Waals surface area contributed by atoms with Crippen molar-refractivity contribution >= 4 is 11.7 Å². The highest BCUT2D eigenvalue weighted by Gasteiger charge is 2.33. The monoisotopic (exact) mass is 321 g/mol. The molecule has 0 saturated carbocycles. The van der Waals surface area contributed by atoms with E-state index in [-0.39, 0.29) is 23.4 Å². The van der Waals surface area contributed by atoms with Crippen LogP contribution in [0.15, 0.2) is 27.8 Å². The van der Waals surface area contributed by atoms with E-state index >= 15 is 0 Å². The summed E-state index contributed by atoms with van der Waals surface area (Å²) < 4.78 is 29.6. The third kappa shape index (κ3) is 2.26. The van der Waals surface area contributed by atoms with Crippen LogP contribution in [-0.4, -0.2) is 15.0 Å². The summed E-state index contributed by atoms with van der Waals surface area (Å²) in [7, 11) is 2.69. The lowest BCUT2D eigenvalue weighted by atomic mass is 9.86. The molecule has 0 fully saturated rings. The molecule has 1 aromatic carbocycles. The van der Waals surface area contributed by atoms with Gasteiger partial charge in [-0.05, 0) is 23.8 Å². The van der Waals surface area contributed by atoms with E-state index in [1.807, 2.05) is 0 Å². The first kappa shape index (κ1) is 15.1. The molecule has 1 atom stereocenters. The zero-order chi connectivity index (χ0) is 16.9. The first-order valence-corrected chi connectivity index (χ1v) is 6.86. The second kappa shape index (κ2) is 5.15. The van der Waals surface area contributed by atoms with E-state index in [9.17, 15) is 23.2 Å². The SMILES string of the molecule is Cn1c2c(c(=O)n(C)c1=O)C(c1cc(F)ccc1F)CC(=O)N2. The number of aromatic nitrogens is 2. The fourth-order valence-electron chi connectivity index (χ4n) is 2.85. The lowest BCUT2D eigenvalue weighted by molar-refractivity contribution is -0.116. The number of nitrogens with one attached hydrogen (secondary N) is 1. The van der Waals surface area contributed by atoms with Crippen LogP contribution in [0.4, 0.5) is 14.6 Å². The number of hydrogen-bond acceptors (Lipinski definition) is 3. The standard InChI is InChI=1S/C15H13F2N3O3/c1-19-13-12(14(22)20(2)15(19)23)9(6-11(21)18-13)8-5-7(16)3-4-10(8)17/h3-5,9H,6H2,1-2H3,(H,18,21). The van der Waals surface area contributed by atoms with Crippen molar-refractivity contribution in [3.05, 3.63) is 61.8 Å². The van der Waals surface area contributed by atoms with E-state index in [1.54, 1.807) is 0 Å². The Kier molecular flexibility index (Phi) is 3.39. The van der Waals surface area contributed by atoms with Crippen LogP contribution in [0, 0.1) is 11.6 Å². The molecule has 0 saturated heterocycles. The Labute approximate surface area is 129 Å². The molecule has 6 nitrogen and oxygen atoms in total. The number of anilines is 1. The van der Waals surface area contributed by atoms with Gasteiger partial charge in [0, 0.05) is 26.4 Å². The molecule has 3 rings (SSSR count). The fourth-order valence-corrected chi connectivity index (χ4v) is 2.85. The van der Waals surface area contributed by atoms with Crippen molar-refractivity contribution in [3.8, 4) is 0 Å². The van der Waals surface area contributed by atoms with E-state index in [4.69, 9.17) is 0 Å². The van der Waals surface area contributed by atoms with Crippen LogP contribution in [0.25, 0.3) is 0 Å². The van der Waals surface area contributed by atoms with Gasteiger partial charge in [-0.2, -0.15) is 0 Å². The maximum Gasteiger partial charge on any atom is 0.332 e. The number of halogens is 2.